The van der Waals surface area contributed by atoms with E-state index in [-0.39, 0.29) is 30.2 Å². The van der Waals surface area contributed by atoms with Crippen LogP contribution in [0.4, 0.5) is 0 Å². The molecule has 2 heterocycles. The summed E-state index contributed by atoms with van der Waals surface area (Å²) in [6, 6.07) is 7.05. The third-order valence-electron chi connectivity index (χ3n) is 5.48. The maximum absolute atomic E-state index is 12.8. The number of likely N-dealkylation sites (tertiary alicyclic amines) is 1. The molecular formula is C19H28ClN3O3S. The fourth-order valence-corrected chi connectivity index (χ4v) is 5.50. The van der Waals surface area contributed by atoms with Gasteiger partial charge in [0, 0.05) is 24.2 Å². The molecule has 3 rings (SSSR count). The Kier molecular flexibility index (Phi) is 6.78. The number of piperidine rings is 2. The molecule has 1 amide bonds. The minimum atomic E-state index is -3.45. The van der Waals surface area contributed by atoms with Crippen LogP contribution < -0.4 is 5.32 Å². The van der Waals surface area contributed by atoms with Crippen molar-refractivity contribution < 1.29 is 13.2 Å². The van der Waals surface area contributed by atoms with Gasteiger partial charge < -0.3 is 10.2 Å². The molecule has 0 radical (unpaired) electrons. The van der Waals surface area contributed by atoms with Gasteiger partial charge in [-0.1, -0.05) is 23.7 Å². The molecule has 27 heavy (non-hydrogen) atoms. The Hall–Kier alpha value is -1.15. The summed E-state index contributed by atoms with van der Waals surface area (Å²) in [7, 11) is -1.37. The van der Waals surface area contributed by atoms with Crippen LogP contribution in [0.15, 0.2) is 24.3 Å². The normalized spacial score (nSPS) is 23.3. The topological polar surface area (TPSA) is 69.7 Å². The summed E-state index contributed by atoms with van der Waals surface area (Å²) in [5, 5.41) is 3.72. The molecule has 150 valence electrons. The molecule has 2 aliphatic rings. The minimum absolute atomic E-state index is 0.00375. The van der Waals surface area contributed by atoms with Gasteiger partial charge in [0.15, 0.2) is 0 Å². The zero-order chi connectivity index (χ0) is 19.4. The molecular weight excluding hydrogens is 386 g/mol. The van der Waals surface area contributed by atoms with Crippen LogP contribution in [0.2, 0.25) is 5.02 Å². The van der Waals surface area contributed by atoms with Crippen LogP contribution in [-0.4, -0.2) is 62.8 Å². The summed E-state index contributed by atoms with van der Waals surface area (Å²) in [6.07, 6.45) is 3.36. The second kappa shape index (κ2) is 8.90. The third kappa shape index (κ3) is 5.67. The number of carbonyl (C=O) groups excluding carboxylic acids is 1. The van der Waals surface area contributed by atoms with E-state index in [0.717, 1.165) is 32.4 Å². The lowest BCUT2D eigenvalue weighted by Crippen LogP contribution is -2.49. The van der Waals surface area contributed by atoms with Crippen molar-refractivity contribution in [2.45, 2.75) is 37.5 Å². The maximum atomic E-state index is 12.8. The van der Waals surface area contributed by atoms with E-state index in [0.29, 0.717) is 23.6 Å². The number of hydrogen-bond donors (Lipinski definition) is 1. The van der Waals surface area contributed by atoms with Gasteiger partial charge in [-0.3, -0.25) is 4.79 Å². The molecule has 6 nitrogen and oxygen atoms in total. The number of benzene rings is 1. The summed E-state index contributed by atoms with van der Waals surface area (Å²) in [5.41, 5.74) is 0.706. The van der Waals surface area contributed by atoms with E-state index in [1.807, 2.05) is 0 Å². The lowest BCUT2D eigenvalue weighted by atomic mass is 9.97. The molecule has 8 heteroatoms. The van der Waals surface area contributed by atoms with Crippen molar-refractivity contribution in [2.24, 2.45) is 5.92 Å². The molecule has 2 saturated heterocycles. The molecule has 1 aromatic carbocycles. The van der Waals surface area contributed by atoms with E-state index in [1.165, 1.54) is 4.31 Å². The monoisotopic (exact) mass is 413 g/mol. The van der Waals surface area contributed by atoms with Gasteiger partial charge in [0.25, 0.3) is 0 Å². The van der Waals surface area contributed by atoms with Gasteiger partial charge in [-0.2, -0.15) is 0 Å². The predicted molar refractivity (Wildman–Crippen MR) is 107 cm³/mol. The van der Waals surface area contributed by atoms with Crippen molar-refractivity contribution >= 4 is 27.5 Å². The van der Waals surface area contributed by atoms with E-state index in [1.54, 1.807) is 24.3 Å². The van der Waals surface area contributed by atoms with E-state index >= 15 is 0 Å². The zero-order valence-corrected chi connectivity index (χ0v) is 17.3. The highest BCUT2D eigenvalue weighted by atomic mass is 35.5. The minimum Gasteiger partial charge on any atom is -0.353 e. The van der Waals surface area contributed by atoms with Gasteiger partial charge >= 0.3 is 0 Å². The number of halogens is 1. The van der Waals surface area contributed by atoms with Crippen molar-refractivity contribution in [3.8, 4) is 0 Å². The Morgan fingerprint density at radius 3 is 2.48 bits per heavy atom. The van der Waals surface area contributed by atoms with Crippen LogP contribution in [0.25, 0.3) is 0 Å². The van der Waals surface area contributed by atoms with E-state index in [4.69, 9.17) is 11.6 Å². The van der Waals surface area contributed by atoms with Crippen LogP contribution in [0.5, 0.6) is 0 Å². The van der Waals surface area contributed by atoms with Gasteiger partial charge in [0.2, 0.25) is 15.9 Å². The van der Waals surface area contributed by atoms with Crippen molar-refractivity contribution in [1.82, 2.24) is 14.5 Å². The van der Waals surface area contributed by atoms with Gasteiger partial charge in [0.1, 0.15) is 0 Å². The molecule has 1 atom stereocenters. The van der Waals surface area contributed by atoms with E-state index in [9.17, 15) is 13.2 Å². The van der Waals surface area contributed by atoms with Crippen LogP contribution in [0, 0.1) is 5.92 Å². The Balaban J connectivity index is 1.57. The van der Waals surface area contributed by atoms with E-state index < -0.39 is 10.0 Å². The lowest BCUT2D eigenvalue weighted by Gasteiger charge is -2.34. The summed E-state index contributed by atoms with van der Waals surface area (Å²) in [5.74, 6) is -0.331. The molecule has 0 unspecified atom stereocenters. The van der Waals surface area contributed by atoms with E-state index in [2.05, 4.69) is 17.3 Å². The number of hydrogen-bond acceptors (Lipinski definition) is 4. The lowest BCUT2D eigenvalue weighted by molar-refractivity contribution is -0.127. The highest BCUT2D eigenvalue weighted by Gasteiger charge is 2.33. The fourth-order valence-electron chi connectivity index (χ4n) is 3.76. The Morgan fingerprint density at radius 1 is 1.15 bits per heavy atom. The van der Waals surface area contributed by atoms with Crippen LogP contribution >= 0.6 is 11.6 Å². The average molecular weight is 414 g/mol. The second-order valence-corrected chi connectivity index (χ2v) is 10.1. The number of rotatable bonds is 5. The standard InChI is InChI=1S/C19H28ClN3O3S/c1-22-11-8-18(9-12-22)21-19(24)16-3-2-10-23(13-16)27(25,26)14-15-4-6-17(20)7-5-15/h4-7,16,18H,2-3,8-14H2,1H3,(H,21,24)/t16-/m1/s1. The first kappa shape index (κ1) is 20.6. The summed E-state index contributed by atoms with van der Waals surface area (Å²) < 4.78 is 27.1. The van der Waals surface area contributed by atoms with Crippen molar-refractivity contribution in [3.63, 3.8) is 0 Å². The van der Waals surface area contributed by atoms with Gasteiger partial charge in [-0.25, -0.2) is 12.7 Å². The number of amides is 1. The van der Waals surface area contributed by atoms with Crippen LogP contribution in [0.3, 0.4) is 0 Å². The fraction of sp³-hybridized carbons (Fsp3) is 0.632. The largest absolute Gasteiger partial charge is 0.353 e. The summed E-state index contributed by atoms with van der Waals surface area (Å²) in [6.45, 7) is 2.72. The first-order valence-electron chi connectivity index (χ1n) is 9.55. The molecule has 0 bridgehead atoms. The second-order valence-electron chi connectivity index (χ2n) is 7.67. The smallest absolute Gasteiger partial charge is 0.224 e. The zero-order valence-electron chi connectivity index (χ0n) is 15.7. The first-order chi connectivity index (χ1) is 12.8. The molecule has 0 saturated carbocycles. The highest BCUT2D eigenvalue weighted by molar-refractivity contribution is 7.88. The Bertz CT molecular complexity index is 746. The number of nitrogens with zero attached hydrogens (tertiary/aromatic N) is 2. The number of sulfonamides is 1. The molecule has 2 fully saturated rings. The first-order valence-corrected chi connectivity index (χ1v) is 11.5. The van der Waals surface area contributed by atoms with Crippen molar-refractivity contribution in [2.75, 3.05) is 33.2 Å². The number of carbonyl (C=O) groups is 1. The molecule has 0 aliphatic carbocycles. The quantitative estimate of drug-likeness (QED) is 0.802. The predicted octanol–water partition coefficient (Wildman–Crippen LogP) is 2.09. The summed E-state index contributed by atoms with van der Waals surface area (Å²) in [4.78, 5) is 14.9. The Labute approximate surface area is 166 Å². The van der Waals surface area contributed by atoms with Crippen LogP contribution in [0.1, 0.15) is 31.2 Å². The van der Waals surface area contributed by atoms with Crippen molar-refractivity contribution in [1.29, 1.82) is 0 Å². The molecule has 1 N–H and O–H groups in total. The average Bonchev–Trinajstić information content (AvgIpc) is 2.65. The van der Waals surface area contributed by atoms with Crippen LogP contribution in [-0.2, 0) is 20.6 Å². The third-order valence-corrected chi connectivity index (χ3v) is 7.54. The van der Waals surface area contributed by atoms with Gasteiger partial charge in [-0.15, -0.1) is 0 Å². The molecule has 1 aromatic rings. The SMILES string of the molecule is CN1CCC(NC(=O)[C@@H]2CCCN(S(=O)(=O)Cc3ccc(Cl)cc3)C2)CC1. The molecule has 0 spiro atoms. The van der Waals surface area contributed by atoms with Gasteiger partial charge in [-0.05, 0) is 63.5 Å². The molecule has 0 aromatic heterocycles. The molecule has 2 aliphatic heterocycles. The summed E-state index contributed by atoms with van der Waals surface area (Å²) >= 11 is 5.87. The Morgan fingerprint density at radius 2 is 1.81 bits per heavy atom. The highest BCUT2D eigenvalue weighted by Crippen LogP contribution is 2.23. The van der Waals surface area contributed by atoms with Gasteiger partial charge in [0.05, 0.1) is 11.7 Å². The number of nitrogens with one attached hydrogen (secondary N) is 1. The van der Waals surface area contributed by atoms with Crippen molar-refractivity contribution in [3.05, 3.63) is 34.9 Å². The maximum Gasteiger partial charge on any atom is 0.224 e.